The molecule has 4 aromatic rings. The van der Waals surface area contributed by atoms with Gasteiger partial charge < -0.3 is 5.32 Å². The summed E-state index contributed by atoms with van der Waals surface area (Å²) < 4.78 is 0. The number of rotatable bonds is 5. The number of carbonyl (C=O) groups is 2. The van der Waals surface area contributed by atoms with E-state index in [2.05, 4.69) is 73.7 Å². The van der Waals surface area contributed by atoms with Gasteiger partial charge in [-0.25, -0.2) is 0 Å². The van der Waals surface area contributed by atoms with Gasteiger partial charge in [-0.1, -0.05) is 67.6 Å². The normalized spacial score (nSPS) is 17.4. The fourth-order valence-electron chi connectivity index (χ4n) is 6.31. The van der Waals surface area contributed by atoms with Crippen LogP contribution >= 0.6 is 0 Å². The van der Waals surface area contributed by atoms with E-state index in [1.807, 2.05) is 55.5 Å². The average Bonchev–Trinajstić information content (AvgIpc) is 2.96. The number of carbonyl (C=O) groups excluding carboxylic acids is 2. The fraction of sp³-hybridized carbons (Fsp3) is 0.222. The second-order valence-corrected chi connectivity index (χ2v) is 11.2. The molecule has 6 rings (SSSR count). The van der Waals surface area contributed by atoms with Gasteiger partial charge in [-0.3, -0.25) is 14.5 Å². The zero-order valence-corrected chi connectivity index (χ0v) is 23.5. The van der Waals surface area contributed by atoms with Crippen molar-refractivity contribution in [1.29, 1.82) is 0 Å². The molecule has 0 fully saturated rings. The number of hydrogen-bond donors (Lipinski definition) is 1. The van der Waals surface area contributed by atoms with Crippen LogP contribution in [-0.2, 0) is 6.42 Å². The number of benzene rings is 4. The Labute approximate surface area is 235 Å². The molecule has 4 heteroatoms. The predicted molar refractivity (Wildman–Crippen MR) is 161 cm³/mol. The Morgan fingerprint density at radius 2 is 1.52 bits per heavy atom. The molecule has 40 heavy (non-hydrogen) atoms. The second-order valence-electron chi connectivity index (χ2n) is 11.2. The Kier molecular flexibility index (Phi) is 6.73. The summed E-state index contributed by atoms with van der Waals surface area (Å²) in [6.45, 7) is 4.09. The maximum absolute atomic E-state index is 14.0. The molecule has 0 saturated carbocycles. The number of amides is 1. The van der Waals surface area contributed by atoms with Gasteiger partial charge in [0.1, 0.15) is 0 Å². The molecule has 2 atom stereocenters. The first-order valence-corrected chi connectivity index (χ1v) is 14.0. The highest BCUT2D eigenvalue weighted by atomic mass is 16.1. The summed E-state index contributed by atoms with van der Waals surface area (Å²) in [5.74, 6) is 0.0721. The van der Waals surface area contributed by atoms with Gasteiger partial charge in [0.05, 0.1) is 6.04 Å². The van der Waals surface area contributed by atoms with Crippen LogP contribution in [0.3, 0.4) is 0 Å². The quantitative estimate of drug-likeness (QED) is 0.347. The van der Waals surface area contributed by atoms with Crippen LogP contribution in [0.1, 0.15) is 56.8 Å². The van der Waals surface area contributed by atoms with Crippen LogP contribution in [0.2, 0.25) is 0 Å². The third kappa shape index (κ3) is 4.48. The van der Waals surface area contributed by atoms with Crippen molar-refractivity contribution < 1.29 is 9.59 Å². The molecule has 1 amide bonds. The van der Waals surface area contributed by atoms with Gasteiger partial charge in [-0.15, -0.1) is 0 Å². The van der Waals surface area contributed by atoms with Crippen LogP contribution in [0.25, 0.3) is 11.6 Å². The highest BCUT2D eigenvalue weighted by Crippen LogP contribution is 2.32. The molecule has 0 spiro atoms. The van der Waals surface area contributed by atoms with Gasteiger partial charge in [0, 0.05) is 22.4 Å². The first-order chi connectivity index (χ1) is 19.3. The maximum Gasteiger partial charge on any atom is 0.255 e. The number of nitrogens with zero attached hydrogens (tertiary/aromatic N) is 1. The molecule has 2 unspecified atom stereocenters. The zero-order valence-electron chi connectivity index (χ0n) is 23.5. The molecule has 4 aromatic carbocycles. The van der Waals surface area contributed by atoms with Crippen LogP contribution in [0.5, 0.6) is 0 Å². The summed E-state index contributed by atoms with van der Waals surface area (Å²) in [6.07, 6.45) is 4.25. The smallest absolute Gasteiger partial charge is 0.255 e. The second kappa shape index (κ2) is 10.4. The first kappa shape index (κ1) is 26.0. The number of aryl methyl sites for hydroxylation is 1. The lowest BCUT2D eigenvalue weighted by atomic mass is 9.78. The van der Waals surface area contributed by atoms with E-state index in [4.69, 9.17) is 0 Å². The lowest BCUT2D eigenvalue weighted by Gasteiger charge is -2.30. The molecule has 0 radical (unpaired) electrons. The van der Waals surface area contributed by atoms with E-state index in [9.17, 15) is 9.59 Å². The van der Waals surface area contributed by atoms with E-state index in [1.165, 1.54) is 26.8 Å². The molecule has 0 aliphatic heterocycles. The van der Waals surface area contributed by atoms with Crippen molar-refractivity contribution in [3.8, 4) is 0 Å². The molecular weight excluding hydrogens is 492 g/mol. The van der Waals surface area contributed by atoms with Crippen LogP contribution in [0, 0.1) is 23.3 Å². The van der Waals surface area contributed by atoms with Crippen molar-refractivity contribution >= 4 is 29.0 Å². The Bertz CT molecular complexity index is 1870. The van der Waals surface area contributed by atoms with Crippen molar-refractivity contribution in [3.63, 3.8) is 0 Å². The minimum atomic E-state index is -0.153. The number of fused-ring (bicyclic) bond motifs is 4. The van der Waals surface area contributed by atoms with Crippen molar-refractivity contribution in [1.82, 2.24) is 4.90 Å². The summed E-state index contributed by atoms with van der Waals surface area (Å²) in [5, 5.41) is 7.83. The summed E-state index contributed by atoms with van der Waals surface area (Å²) in [7, 11) is 4.25. The fourth-order valence-corrected chi connectivity index (χ4v) is 6.31. The van der Waals surface area contributed by atoms with Crippen LogP contribution in [0.15, 0.2) is 84.9 Å². The molecule has 1 N–H and O–H groups in total. The van der Waals surface area contributed by atoms with E-state index in [-0.39, 0.29) is 23.7 Å². The van der Waals surface area contributed by atoms with E-state index in [0.29, 0.717) is 16.8 Å². The molecule has 2 aliphatic carbocycles. The number of anilines is 1. The van der Waals surface area contributed by atoms with Crippen molar-refractivity contribution in [3.05, 3.63) is 134 Å². The molecule has 4 nitrogen and oxygen atoms in total. The maximum atomic E-state index is 14.0. The Morgan fingerprint density at radius 1 is 0.825 bits per heavy atom. The summed E-state index contributed by atoms with van der Waals surface area (Å²) in [6, 6.07) is 27.9. The van der Waals surface area contributed by atoms with Gasteiger partial charge in [0.15, 0.2) is 5.78 Å². The summed E-state index contributed by atoms with van der Waals surface area (Å²) >= 11 is 0. The Balaban J connectivity index is 1.41. The number of hydrogen-bond acceptors (Lipinski definition) is 3. The molecular formula is C36H34N2O2. The third-order valence-electron chi connectivity index (χ3n) is 8.45. The van der Waals surface area contributed by atoms with Gasteiger partial charge in [0.2, 0.25) is 0 Å². The largest absolute Gasteiger partial charge is 0.322 e. The SMILES string of the molecule is Cc1ccccc1C(=O)Nc1ccc(C(=O)C2=c3ccc4c(c3CCC2C)C(N(C)C)C=c2ccccc2=4)cc1. The van der Waals surface area contributed by atoms with E-state index < -0.39 is 0 Å². The van der Waals surface area contributed by atoms with Crippen molar-refractivity contribution in [2.75, 3.05) is 19.4 Å². The first-order valence-electron chi connectivity index (χ1n) is 14.0. The van der Waals surface area contributed by atoms with Gasteiger partial charge in [0.25, 0.3) is 5.91 Å². The van der Waals surface area contributed by atoms with E-state index in [0.717, 1.165) is 29.2 Å². The lowest BCUT2D eigenvalue weighted by molar-refractivity contribution is 0.102. The molecule has 0 bridgehead atoms. The minimum absolute atomic E-state index is 0.0618. The number of ketones is 1. The van der Waals surface area contributed by atoms with Crippen LogP contribution < -0.4 is 15.8 Å². The van der Waals surface area contributed by atoms with Gasteiger partial charge >= 0.3 is 0 Å². The highest BCUT2D eigenvalue weighted by Gasteiger charge is 2.28. The molecule has 200 valence electrons. The Morgan fingerprint density at radius 3 is 2.27 bits per heavy atom. The summed E-state index contributed by atoms with van der Waals surface area (Å²) in [4.78, 5) is 29.0. The molecule has 0 saturated heterocycles. The third-order valence-corrected chi connectivity index (χ3v) is 8.45. The predicted octanol–water partition coefficient (Wildman–Crippen LogP) is 5.55. The van der Waals surface area contributed by atoms with Gasteiger partial charge in [-0.05, 0) is 108 Å². The average molecular weight is 527 g/mol. The van der Waals surface area contributed by atoms with Crippen molar-refractivity contribution in [2.24, 2.45) is 5.92 Å². The minimum Gasteiger partial charge on any atom is -0.322 e. The Hall–Kier alpha value is -4.28. The van der Waals surface area contributed by atoms with E-state index >= 15 is 0 Å². The lowest BCUT2D eigenvalue weighted by Crippen LogP contribution is -2.33. The van der Waals surface area contributed by atoms with Crippen LogP contribution in [0.4, 0.5) is 5.69 Å². The standard InChI is InChI=1S/C36H34N2O2/c1-22-9-5-7-11-27(22)36(40)37-26-16-14-24(15-17-26)35(39)33-23(2)13-18-31-30(33)20-19-29-28-12-8-6-10-25(28)21-32(34(29)31)38(3)4/h5-12,14-17,19-21,23,32H,13,18H2,1-4H3,(H,37,40). The van der Waals surface area contributed by atoms with Crippen molar-refractivity contribution in [2.45, 2.75) is 32.7 Å². The molecule has 0 heterocycles. The highest BCUT2D eigenvalue weighted by molar-refractivity contribution is 6.25. The van der Waals surface area contributed by atoms with E-state index in [1.54, 1.807) is 0 Å². The molecule has 2 aliphatic rings. The number of Topliss-reactive ketones (excluding diaryl/α,β-unsaturated/α-hetero) is 1. The zero-order chi connectivity index (χ0) is 28.0. The van der Waals surface area contributed by atoms with Crippen LogP contribution in [-0.4, -0.2) is 30.7 Å². The van der Waals surface area contributed by atoms with Gasteiger partial charge in [-0.2, -0.15) is 0 Å². The molecule has 0 aromatic heterocycles. The summed E-state index contributed by atoms with van der Waals surface area (Å²) in [5.41, 5.74) is 6.39. The number of nitrogens with one attached hydrogen (secondary N) is 1. The topological polar surface area (TPSA) is 49.4 Å². The monoisotopic (exact) mass is 526 g/mol.